The summed E-state index contributed by atoms with van der Waals surface area (Å²) >= 11 is 0. The lowest BCUT2D eigenvalue weighted by Crippen LogP contribution is -2.68. The van der Waals surface area contributed by atoms with Crippen molar-refractivity contribution in [2.24, 2.45) is 11.3 Å². The van der Waals surface area contributed by atoms with Gasteiger partial charge < -0.3 is 25.6 Å². The van der Waals surface area contributed by atoms with Crippen LogP contribution in [-0.2, 0) is 4.74 Å². The molecule has 3 fully saturated rings. The van der Waals surface area contributed by atoms with Crippen molar-refractivity contribution in [2.75, 3.05) is 19.8 Å². The fourth-order valence-electron chi connectivity index (χ4n) is 8.64. The molecule has 1 saturated heterocycles. The molecular formula is C28H35FN4O3. The van der Waals surface area contributed by atoms with Crippen molar-refractivity contribution in [3.63, 3.8) is 0 Å². The van der Waals surface area contributed by atoms with E-state index < -0.39 is 29.1 Å². The Morgan fingerprint density at radius 2 is 2.00 bits per heavy atom. The molecule has 3 aliphatic carbocycles. The van der Waals surface area contributed by atoms with Gasteiger partial charge in [-0.1, -0.05) is 19.1 Å². The minimum atomic E-state index is -1.66. The van der Waals surface area contributed by atoms with E-state index in [0.29, 0.717) is 43.5 Å². The highest BCUT2D eigenvalue weighted by Gasteiger charge is 2.74. The molecule has 1 aromatic heterocycles. The second kappa shape index (κ2) is 6.98. The number of nitrogen functional groups attached to an aromatic ring is 1. The fraction of sp³-hybridized carbons (Fsp3) is 0.607. The summed E-state index contributed by atoms with van der Waals surface area (Å²) in [6.45, 7) is 2.27. The van der Waals surface area contributed by atoms with Gasteiger partial charge in [-0.25, -0.2) is 4.39 Å². The number of H-pyrrole nitrogens is 1. The molecule has 192 valence electrons. The summed E-state index contributed by atoms with van der Waals surface area (Å²) in [6, 6.07) is 5.96. The molecular weight excluding hydrogens is 459 g/mol. The molecule has 2 bridgehead atoms. The first-order valence-electron chi connectivity index (χ1n) is 13.1. The number of hydrogen-bond donors (Lipinski definition) is 4. The summed E-state index contributed by atoms with van der Waals surface area (Å²) in [7, 11) is 3.82. The number of allylic oxidation sites excluding steroid dienone is 2. The molecule has 2 saturated carbocycles. The zero-order valence-corrected chi connectivity index (χ0v) is 21.1. The van der Waals surface area contributed by atoms with Crippen molar-refractivity contribution in [3.05, 3.63) is 41.5 Å². The lowest BCUT2D eigenvalue weighted by Gasteiger charge is -2.60. The van der Waals surface area contributed by atoms with Crippen molar-refractivity contribution in [3.8, 4) is 0 Å². The Morgan fingerprint density at radius 3 is 2.78 bits per heavy atom. The zero-order valence-electron chi connectivity index (χ0n) is 21.1. The number of aromatic nitrogens is 2. The SMILES string of the molecule is CN(C)C1CC23CCC4(O2)C2CC=C(c5ccc6c(N)n[nH]c6c5)C2(C)CCC4(F)C=C3C(O)C1O. The average Bonchev–Trinajstić information content (AvgIpc) is 3.50. The highest BCUT2D eigenvalue weighted by Crippen LogP contribution is 2.71. The molecule has 8 heteroatoms. The van der Waals surface area contributed by atoms with Gasteiger partial charge in [0.25, 0.3) is 0 Å². The smallest absolute Gasteiger partial charge is 0.158 e. The van der Waals surface area contributed by atoms with Crippen molar-refractivity contribution in [1.82, 2.24) is 15.1 Å². The number of aromatic amines is 1. The summed E-state index contributed by atoms with van der Waals surface area (Å²) in [5.74, 6) is 0.477. The van der Waals surface area contributed by atoms with Crippen LogP contribution in [0.1, 0.15) is 51.0 Å². The second-order valence-electron chi connectivity index (χ2n) is 12.3. The number of fused-ring (bicyclic) bond motifs is 2. The Hall–Kier alpha value is -2.26. The van der Waals surface area contributed by atoms with Gasteiger partial charge in [-0.15, -0.1) is 0 Å². The van der Waals surface area contributed by atoms with Gasteiger partial charge in [-0.2, -0.15) is 5.10 Å². The topological polar surface area (TPSA) is 108 Å². The van der Waals surface area contributed by atoms with Crippen molar-refractivity contribution in [2.45, 2.75) is 80.6 Å². The minimum absolute atomic E-state index is 0.0137. The third-order valence-corrected chi connectivity index (χ3v) is 10.5. The number of likely N-dealkylation sites (N-methyl/N-ethyl adjacent to an activating group) is 1. The number of nitrogens with zero attached hydrogens (tertiary/aromatic N) is 2. The lowest BCUT2D eigenvalue weighted by atomic mass is 9.53. The number of benzene rings is 1. The van der Waals surface area contributed by atoms with Gasteiger partial charge in [0.15, 0.2) is 11.5 Å². The molecule has 8 atom stereocenters. The summed E-state index contributed by atoms with van der Waals surface area (Å²) in [6.07, 6.45) is 5.49. The maximum Gasteiger partial charge on any atom is 0.158 e. The van der Waals surface area contributed by atoms with Gasteiger partial charge in [-0.3, -0.25) is 5.10 Å². The number of hydrogen-bond acceptors (Lipinski definition) is 6. The Morgan fingerprint density at radius 1 is 1.19 bits per heavy atom. The number of aliphatic hydroxyl groups excluding tert-OH is 2. The molecule has 2 spiro atoms. The van der Waals surface area contributed by atoms with Gasteiger partial charge in [0.05, 0.1) is 17.2 Å². The maximum atomic E-state index is 17.1. The van der Waals surface area contributed by atoms with Crippen LogP contribution < -0.4 is 5.73 Å². The Bertz CT molecular complexity index is 1340. The number of halogens is 1. The number of ether oxygens (including phenoxy) is 1. The van der Waals surface area contributed by atoms with Crippen LogP contribution in [-0.4, -0.2) is 74.5 Å². The van der Waals surface area contributed by atoms with Crippen LogP contribution in [0.25, 0.3) is 16.5 Å². The number of rotatable bonds is 2. The molecule has 0 radical (unpaired) electrons. The maximum absolute atomic E-state index is 17.1. The van der Waals surface area contributed by atoms with E-state index in [2.05, 4.69) is 35.3 Å². The summed E-state index contributed by atoms with van der Waals surface area (Å²) < 4.78 is 24.1. The number of aliphatic hydroxyl groups is 2. The Labute approximate surface area is 210 Å². The van der Waals surface area contributed by atoms with E-state index in [9.17, 15) is 10.2 Å². The third kappa shape index (κ3) is 2.58. The minimum Gasteiger partial charge on any atom is -0.388 e. The largest absolute Gasteiger partial charge is 0.388 e. The van der Waals surface area contributed by atoms with E-state index in [-0.39, 0.29) is 17.4 Å². The fourth-order valence-corrected chi connectivity index (χ4v) is 8.64. The van der Waals surface area contributed by atoms with Gasteiger partial charge >= 0.3 is 0 Å². The van der Waals surface area contributed by atoms with Crippen LogP contribution in [0.4, 0.5) is 10.2 Å². The van der Waals surface area contributed by atoms with E-state index in [1.807, 2.05) is 25.1 Å². The van der Waals surface area contributed by atoms with Crippen LogP contribution in [0, 0.1) is 11.3 Å². The molecule has 5 aliphatic rings. The predicted octanol–water partition coefficient (Wildman–Crippen LogP) is 3.34. The van der Waals surface area contributed by atoms with E-state index in [0.717, 1.165) is 22.9 Å². The van der Waals surface area contributed by atoms with Gasteiger partial charge in [0, 0.05) is 17.3 Å². The zero-order chi connectivity index (χ0) is 25.3. The first-order chi connectivity index (χ1) is 17.0. The quantitative estimate of drug-likeness (QED) is 0.477. The normalized spacial score (nSPS) is 45.3. The van der Waals surface area contributed by atoms with Crippen LogP contribution in [0.3, 0.4) is 0 Å². The van der Waals surface area contributed by atoms with Crippen molar-refractivity contribution in [1.29, 1.82) is 0 Å². The van der Waals surface area contributed by atoms with Crippen LogP contribution in [0.5, 0.6) is 0 Å². The lowest BCUT2D eigenvalue weighted by molar-refractivity contribution is -0.239. The predicted molar refractivity (Wildman–Crippen MR) is 136 cm³/mol. The first kappa shape index (κ1) is 22.9. The molecule has 36 heavy (non-hydrogen) atoms. The first-order valence-corrected chi connectivity index (χ1v) is 13.1. The highest BCUT2D eigenvalue weighted by atomic mass is 19.1. The molecule has 2 aromatic rings. The molecule has 8 unspecified atom stereocenters. The second-order valence-corrected chi connectivity index (χ2v) is 12.3. The standard InChI is InChI=1S/C28H35FN4O3/c1-25-8-10-27(29)13-18-22(34)23(35)20(33(2)3)14-26(18)9-11-28(27,36-26)21(25)7-6-17(25)15-4-5-16-19(12-15)31-32-24(16)30/h4-6,12-13,20-23,34-35H,7-11,14H2,1-3H3,(H3,30,31,32). The van der Waals surface area contributed by atoms with E-state index in [1.165, 1.54) is 5.57 Å². The van der Waals surface area contributed by atoms with Gasteiger partial charge in [0.2, 0.25) is 0 Å². The number of anilines is 1. The van der Waals surface area contributed by atoms with Crippen LogP contribution in [0.15, 0.2) is 35.9 Å². The van der Waals surface area contributed by atoms with Crippen molar-refractivity contribution < 1.29 is 19.3 Å². The molecule has 1 aromatic carbocycles. The molecule has 7 rings (SSSR count). The number of alkyl halides is 1. The molecule has 2 aliphatic heterocycles. The average molecular weight is 495 g/mol. The molecule has 5 N–H and O–H groups in total. The van der Waals surface area contributed by atoms with Crippen molar-refractivity contribution >= 4 is 22.3 Å². The number of nitrogens with one attached hydrogen (secondary N) is 1. The summed E-state index contributed by atoms with van der Waals surface area (Å²) in [5, 5.41) is 30.0. The number of nitrogens with two attached hydrogens (primary N) is 1. The molecule has 3 heterocycles. The summed E-state index contributed by atoms with van der Waals surface area (Å²) in [4.78, 5) is 1.95. The molecule has 7 nitrogen and oxygen atoms in total. The van der Waals surface area contributed by atoms with Gasteiger partial charge in [-0.05, 0) is 93.0 Å². The summed E-state index contributed by atoms with van der Waals surface area (Å²) in [5.41, 5.74) is 6.22. The van der Waals surface area contributed by atoms with E-state index in [1.54, 1.807) is 6.08 Å². The highest BCUT2D eigenvalue weighted by molar-refractivity contribution is 5.91. The van der Waals surface area contributed by atoms with E-state index >= 15 is 4.39 Å². The van der Waals surface area contributed by atoms with Gasteiger partial charge in [0.1, 0.15) is 11.7 Å². The van der Waals surface area contributed by atoms with Crippen LogP contribution in [0.2, 0.25) is 0 Å². The van der Waals surface area contributed by atoms with E-state index in [4.69, 9.17) is 10.5 Å². The Kier molecular flexibility index (Phi) is 4.44. The third-order valence-electron chi connectivity index (χ3n) is 10.5. The van der Waals surface area contributed by atoms with Crippen LogP contribution >= 0.6 is 0 Å². The molecule has 0 amide bonds. The monoisotopic (exact) mass is 494 g/mol. The Balaban J connectivity index is 1.30.